The van der Waals surface area contributed by atoms with Crippen LogP contribution in [0.4, 0.5) is 15.4 Å². The maximum atomic E-state index is 12.3. The summed E-state index contributed by atoms with van der Waals surface area (Å²) in [4.78, 5) is 40.5. The molecule has 3 N–H and O–H groups in total. The Morgan fingerprint density at radius 1 is 1.03 bits per heavy atom. The van der Waals surface area contributed by atoms with Crippen LogP contribution in [0.3, 0.4) is 0 Å². The van der Waals surface area contributed by atoms with Crippen LogP contribution in [0.5, 0.6) is 0 Å². The molecule has 2 rings (SSSR count). The summed E-state index contributed by atoms with van der Waals surface area (Å²) in [6.45, 7) is 7.44. The van der Waals surface area contributed by atoms with Gasteiger partial charge in [0.05, 0.1) is 6.61 Å². The highest BCUT2D eigenvalue weighted by molar-refractivity contribution is 5.84. The standard InChI is InChI=1S/C23H30N4O5/c1-5-31-20(28)18(13-16-9-7-6-8-10-16)26-21(29)25-15-17-11-12-19(24-14-17)27-22(30)32-23(2,3)4/h6-12,14,18H,5,13,15H2,1-4H3,(H,24,27,30)(H2,25,26,29)/t18-/m0/s1. The first-order valence-corrected chi connectivity index (χ1v) is 10.4. The monoisotopic (exact) mass is 442 g/mol. The number of pyridine rings is 1. The molecular formula is C23H30N4O5. The minimum absolute atomic E-state index is 0.187. The summed E-state index contributed by atoms with van der Waals surface area (Å²) < 4.78 is 10.3. The first kappa shape index (κ1) is 24.6. The molecule has 1 atom stereocenters. The Bertz CT molecular complexity index is 895. The van der Waals surface area contributed by atoms with Crippen molar-refractivity contribution in [3.8, 4) is 0 Å². The Kier molecular flexibility index (Phi) is 9.00. The van der Waals surface area contributed by atoms with Gasteiger partial charge in [0, 0.05) is 19.2 Å². The summed E-state index contributed by atoms with van der Waals surface area (Å²) in [6, 6.07) is 11.4. The number of urea groups is 1. The highest BCUT2D eigenvalue weighted by atomic mass is 16.6. The molecular weight excluding hydrogens is 412 g/mol. The summed E-state index contributed by atoms with van der Waals surface area (Å²) in [5, 5.41) is 7.90. The van der Waals surface area contributed by atoms with E-state index < -0.39 is 29.7 Å². The molecule has 0 spiro atoms. The molecule has 0 aliphatic carbocycles. The third-order valence-corrected chi connectivity index (χ3v) is 4.07. The van der Waals surface area contributed by atoms with E-state index in [1.807, 2.05) is 30.3 Å². The second-order valence-corrected chi connectivity index (χ2v) is 8.00. The molecule has 172 valence electrons. The molecule has 0 saturated heterocycles. The van der Waals surface area contributed by atoms with Gasteiger partial charge in [0.15, 0.2) is 0 Å². The molecule has 9 nitrogen and oxygen atoms in total. The summed E-state index contributed by atoms with van der Waals surface area (Å²) in [6.07, 6.45) is 1.25. The van der Waals surface area contributed by atoms with E-state index in [0.717, 1.165) is 5.56 Å². The fraction of sp³-hybridized carbons (Fsp3) is 0.391. The normalized spacial score (nSPS) is 11.8. The van der Waals surface area contributed by atoms with Crippen LogP contribution in [0.1, 0.15) is 38.8 Å². The van der Waals surface area contributed by atoms with Crippen LogP contribution in [0.2, 0.25) is 0 Å². The van der Waals surface area contributed by atoms with Crippen molar-refractivity contribution in [2.75, 3.05) is 11.9 Å². The molecule has 1 aromatic carbocycles. The highest BCUT2D eigenvalue weighted by Gasteiger charge is 2.22. The molecule has 3 amide bonds. The van der Waals surface area contributed by atoms with Crippen LogP contribution in [0.15, 0.2) is 48.7 Å². The van der Waals surface area contributed by atoms with Gasteiger partial charge < -0.3 is 20.1 Å². The summed E-state index contributed by atoms with van der Waals surface area (Å²) in [7, 11) is 0. The molecule has 2 aromatic rings. The Morgan fingerprint density at radius 2 is 1.75 bits per heavy atom. The Morgan fingerprint density at radius 3 is 2.34 bits per heavy atom. The second kappa shape index (κ2) is 11.7. The third kappa shape index (κ3) is 9.03. The van der Waals surface area contributed by atoms with Crippen LogP contribution < -0.4 is 16.0 Å². The third-order valence-electron chi connectivity index (χ3n) is 4.07. The van der Waals surface area contributed by atoms with Crippen LogP contribution in [0, 0.1) is 0 Å². The topological polar surface area (TPSA) is 119 Å². The maximum absolute atomic E-state index is 12.3. The lowest BCUT2D eigenvalue weighted by Gasteiger charge is -2.19. The van der Waals surface area contributed by atoms with Gasteiger partial charge in [-0.25, -0.2) is 19.4 Å². The summed E-state index contributed by atoms with van der Waals surface area (Å²) in [5.74, 6) is -0.163. The molecule has 32 heavy (non-hydrogen) atoms. The Labute approximate surface area is 187 Å². The first-order valence-electron chi connectivity index (χ1n) is 10.4. The highest BCUT2D eigenvalue weighted by Crippen LogP contribution is 2.11. The van der Waals surface area contributed by atoms with Gasteiger partial charge in [0.25, 0.3) is 0 Å². The molecule has 0 aliphatic heterocycles. The Balaban J connectivity index is 1.88. The van der Waals surface area contributed by atoms with Crippen molar-refractivity contribution in [3.05, 3.63) is 59.8 Å². The smallest absolute Gasteiger partial charge is 0.413 e. The van der Waals surface area contributed by atoms with Crippen LogP contribution in [-0.2, 0) is 27.2 Å². The fourth-order valence-corrected chi connectivity index (χ4v) is 2.69. The second-order valence-electron chi connectivity index (χ2n) is 8.00. The lowest BCUT2D eigenvalue weighted by Crippen LogP contribution is -2.47. The average molecular weight is 443 g/mol. The molecule has 0 saturated carbocycles. The molecule has 0 aliphatic rings. The molecule has 0 unspecified atom stereocenters. The summed E-state index contributed by atoms with van der Waals surface area (Å²) in [5.41, 5.74) is 1.01. The number of anilines is 1. The average Bonchev–Trinajstić information content (AvgIpc) is 2.72. The number of carbonyl (C=O) groups is 3. The van der Waals surface area contributed by atoms with Gasteiger partial charge in [-0.1, -0.05) is 36.4 Å². The van der Waals surface area contributed by atoms with E-state index in [1.54, 1.807) is 39.8 Å². The minimum atomic E-state index is -0.809. The van der Waals surface area contributed by atoms with Gasteiger partial charge >= 0.3 is 18.1 Å². The number of nitrogens with zero attached hydrogens (tertiary/aromatic N) is 1. The van der Waals surface area contributed by atoms with E-state index in [9.17, 15) is 14.4 Å². The van der Waals surface area contributed by atoms with Gasteiger partial charge in [-0.2, -0.15) is 0 Å². The zero-order valence-corrected chi connectivity index (χ0v) is 18.8. The lowest BCUT2D eigenvalue weighted by molar-refractivity contribution is -0.145. The number of benzene rings is 1. The van der Waals surface area contributed by atoms with Gasteiger partial charge in [-0.15, -0.1) is 0 Å². The van der Waals surface area contributed by atoms with E-state index in [2.05, 4.69) is 20.9 Å². The van der Waals surface area contributed by atoms with E-state index in [4.69, 9.17) is 9.47 Å². The van der Waals surface area contributed by atoms with Gasteiger partial charge in [-0.05, 0) is 44.9 Å². The molecule has 0 fully saturated rings. The number of hydrogen-bond donors (Lipinski definition) is 3. The molecule has 0 radical (unpaired) electrons. The Hall–Kier alpha value is -3.62. The lowest BCUT2D eigenvalue weighted by atomic mass is 10.1. The number of carbonyl (C=O) groups excluding carboxylic acids is 3. The zero-order chi connectivity index (χ0) is 23.6. The van der Waals surface area contributed by atoms with Crippen molar-refractivity contribution >= 4 is 23.9 Å². The van der Waals surface area contributed by atoms with E-state index in [-0.39, 0.29) is 13.2 Å². The number of ether oxygens (including phenoxy) is 2. The predicted octanol–water partition coefficient (Wildman–Crippen LogP) is 3.40. The van der Waals surface area contributed by atoms with Crippen LogP contribution >= 0.6 is 0 Å². The van der Waals surface area contributed by atoms with Crippen molar-refractivity contribution in [1.29, 1.82) is 0 Å². The molecule has 1 aromatic heterocycles. The van der Waals surface area contributed by atoms with E-state index in [1.165, 1.54) is 6.20 Å². The minimum Gasteiger partial charge on any atom is -0.464 e. The van der Waals surface area contributed by atoms with Gasteiger partial charge in [0.1, 0.15) is 17.5 Å². The molecule has 9 heteroatoms. The van der Waals surface area contributed by atoms with Crippen LogP contribution in [-0.4, -0.2) is 41.3 Å². The predicted molar refractivity (Wildman–Crippen MR) is 120 cm³/mol. The van der Waals surface area contributed by atoms with E-state index in [0.29, 0.717) is 17.8 Å². The SMILES string of the molecule is CCOC(=O)[C@H](Cc1ccccc1)NC(=O)NCc1ccc(NC(=O)OC(C)(C)C)nc1. The van der Waals surface area contributed by atoms with Crippen molar-refractivity contribution in [2.45, 2.75) is 52.3 Å². The summed E-state index contributed by atoms with van der Waals surface area (Å²) >= 11 is 0. The number of hydrogen-bond acceptors (Lipinski definition) is 6. The molecule has 0 bridgehead atoms. The van der Waals surface area contributed by atoms with Crippen molar-refractivity contribution in [1.82, 2.24) is 15.6 Å². The largest absolute Gasteiger partial charge is 0.464 e. The number of rotatable bonds is 8. The molecule has 1 heterocycles. The quantitative estimate of drug-likeness (QED) is 0.539. The van der Waals surface area contributed by atoms with Crippen molar-refractivity contribution in [3.63, 3.8) is 0 Å². The number of amides is 3. The van der Waals surface area contributed by atoms with E-state index >= 15 is 0 Å². The van der Waals surface area contributed by atoms with Crippen molar-refractivity contribution in [2.24, 2.45) is 0 Å². The zero-order valence-electron chi connectivity index (χ0n) is 18.8. The van der Waals surface area contributed by atoms with Crippen LogP contribution in [0.25, 0.3) is 0 Å². The number of aromatic nitrogens is 1. The van der Waals surface area contributed by atoms with Gasteiger partial charge in [0.2, 0.25) is 0 Å². The maximum Gasteiger partial charge on any atom is 0.413 e. The van der Waals surface area contributed by atoms with Crippen molar-refractivity contribution < 1.29 is 23.9 Å². The number of esters is 1. The van der Waals surface area contributed by atoms with Gasteiger partial charge in [-0.3, -0.25) is 5.32 Å². The first-order chi connectivity index (χ1) is 15.2. The fourth-order valence-electron chi connectivity index (χ4n) is 2.69. The number of nitrogens with one attached hydrogen (secondary N) is 3.